The number of nitrogens with one attached hydrogen (secondary N) is 1. The summed E-state index contributed by atoms with van der Waals surface area (Å²) < 4.78 is 6.70. The van der Waals surface area contributed by atoms with Crippen LogP contribution in [0.5, 0.6) is 5.75 Å². The molecule has 4 heteroatoms. The van der Waals surface area contributed by atoms with Gasteiger partial charge in [-0.15, -0.1) is 0 Å². The molecule has 1 heterocycles. The van der Waals surface area contributed by atoms with Crippen molar-refractivity contribution in [1.29, 1.82) is 0 Å². The quantitative estimate of drug-likeness (QED) is 0.795. The zero-order valence-corrected chi connectivity index (χ0v) is 11.4. The van der Waals surface area contributed by atoms with Crippen LogP contribution in [0.15, 0.2) is 4.47 Å². The van der Waals surface area contributed by atoms with Crippen LogP contribution in [-0.4, -0.2) is 12.0 Å². The van der Waals surface area contributed by atoms with Crippen molar-refractivity contribution in [3.05, 3.63) is 21.2 Å². The van der Waals surface area contributed by atoms with Gasteiger partial charge in [-0.3, -0.25) is 4.79 Å². The molecule has 2 rings (SSSR count). The van der Waals surface area contributed by atoms with Gasteiger partial charge in [0.05, 0.1) is 5.69 Å². The molecule has 0 bridgehead atoms. The van der Waals surface area contributed by atoms with E-state index in [1.165, 1.54) is 0 Å². The Morgan fingerprint density at radius 1 is 1.19 bits per heavy atom. The topological polar surface area (TPSA) is 38.3 Å². The molecule has 1 amide bonds. The molecule has 1 unspecified atom stereocenters. The van der Waals surface area contributed by atoms with E-state index in [9.17, 15) is 4.79 Å². The Morgan fingerprint density at radius 3 is 2.44 bits per heavy atom. The molecule has 0 aliphatic carbocycles. The second kappa shape index (κ2) is 3.77. The average Bonchev–Trinajstić information content (AvgIpc) is 2.26. The number of benzene rings is 1. The summed E-state index contributed by atoms with van der Waals surface area (Å²) >= 11 is 3.55. The van der Waals surface area contributed by atoms with E-state index in [2.05, 4.69) is 21.2 Å². The van der Waals surface area contributed by atoms with E-state index in [1.807, 2.05) is 20.8 Å². The van der Waals surface area contributed by atoms with Crippen molar-refractivity contribution in [3.8, 4) is 5.75 Å². The van der Waals surface area contributed by atoms with Gasteiger partial charge in [0.1, 0.15) is 5.75 Å². The lowest BCUT2D eigenvalue weighted by molar-refractivity contribution is -0.122. The minimum Gasteiger partial charge on any atom is -0.478 e. The second-order valence-electron chi connectivity index (χ2n) is 4.14. The first-order valence-corrected chi connectivity index (χ1v) is 5.99. The van der Waals surface area contributed by atoms with Crippen LogP contribution < -0.4 is 10.1 Å². The Morgan fingerprint density at radius 2 is 1.81 bits per heavy atom. The Kier molecular flexibility index (Phi) is 2.70. The average molecular weight is 284 g/mol. The normalized spacial score (nSPS) is 18.8. The van der Waals surface area contributed by atoms with Gasteiger partial charge in [0.25, 0.3) is 5.91 Å². The standard InChI is InChI=1S/C12H14BrNO2/c1-5-6(2)10-11(7(3)9(5)13)16-8(4)12(15)14-10/h8H,1-4H3,(H,14,15). The van der Waals surface area contributed by atoms with Gasteiger partial charge >= 0.3 is 0 Å². The third kappa shape index (κ3) is 1.52. The molecule has 1 aliphatic rings. The molecule has 3 nitrogen and oxygen atoms in total. The van der Waals surface area contributed by atoms with Gasteiger partial charge in [-0.05, 0) is 38.8 Å². The van der Waals surface area contributed by atoms with Crippen molar-refractivity contribution in [3.63, 3.8) is 0 Å². The van der Waals surface area contributed by atoms with Gasteiger partial charge < -0.3 is 10.1 Å². The first-order valence-electron chi connectivity index (χ1n) is 5.20. The molecular formula is C12H14BrNO2. The van der Waals surface area contributed by atoms with Crippen molar-refractivity contribution in [2.45, 2.75) is 33.8 Å². The Balaban J connectivity index is 2.69. The summed E-state index contributed by atoms with van der Waals surface area (Å²) in [6.07, 6.45) is -0.430. The lowest BCUT2D eigenvalue weighted by Crippen LogP contribution is -2.35. The number of hydrogen-bond donors (Lipinski definition) is 1. The van der Waals surface area contributed by atoms with Gasteiger partial charge in [-0.1, -0.05) is 15.9 Å². The summed E-state index contributed by atoms with van der Waals surface area (Å²) in [7, 11) is 0. The minimum atomic E-state index is -0.430. The molecule has 0 fully saturated rings. The summed E-state index contributed by atoms with van der Waals surface area (Å²) in [6.45, 7) is 7.75. The zero-order valence-electron chi connectivity index (χ0n) is 9.77. The molecule has 1 atom stereocenters. The first kappa shape index (κ1) is 11.5. The van der Waals surface area contributed by atoms with Gasteiger partial charge in [-0.2, -0.15) is 0 Å². The number of carbonyl (C=O) groups is 1. The second-order valence-corrected chi connectivity index (χ2v) is 4.94. The molecule has 86 valence electrons. The van der Waals surface area contributed by atoms with Crippen molar-refractivity contribution >= 4 is 27.5 Å². The zero-order chi connectivity index (χ0) is 12.0. The molecule has 1 aromatic carbocycles. The smallest absolute Gasteiger partial charge is 0.265 e. The van der Waals surface area contributed by atoms with E-state index in [1.54, 1.807) is 6.92 Å². The number of anilines is 1. The van der Waals surface area contributed by atoms with Crippen LogP contribution in [0.1, 0.15) is 23.6 Å². The number of ether oxygens (including phenoxy) is 1. The van der Waals surface area contributed by atoms with Crippen LogP contribution >= 0.6 is 15.9 Å². The number of halogens is 1. The highest BCUT2D eigenvalue weighted by atomic mass is 79.9. The molecule has 0 aromatic heterocycles. The molecule has 0 radical (unpaired) electrons. The summed E-state index contributed by atoms with van der Waals surface area (Å²) in [5.41, 5.74) is 4.02. The molecular weight excluding hydrogens is 270 g/mol. The van der Waals surface area contributed by atoms with E-state index in [4.69, 9.17) is 4.74 Å². The Hall–Kier alpha value is -1.03. The van der Waals surface area contributed by atoms with E-state index in [0.29, 0.717) is 0 Å². The molecule has 16 heavy (non-hydrogen) atoms. The van der Waals surface area contributed by atoms with Crippen LogP contribution in [0.4, 0.5) is 5.69 Å². The van der Waals surface area contributed by atoms with Gasteiger partial charge in [0.2, 0.25) is 0 Å². The number of amides is 1. The molecule has 1 aromatic rings. The lowest BCUT2D eigenvalue weighted by Gasteiger charge is -2.28. The molecule has 1 N–H and O–H groups in total. The Labute approximate surface area is 103 Å². The lowest BCUT2D eigenvalue weighted by atomic mass is 10.0. The highest BCUT2D eigenvalue weighted by Gasteiger charge is 2.28. The van der Waals surface area contributed by atoms with Gasteiger partial charge in [0, 0.05) is 10.0 Å². The van der Waals surface area contributed by atoms with Crippen LogP contribution in [0, 0.1) is 20.8 Å². The monoisotopic (exact) mass is 283 g/mol. The first-order chi connectivity index (χ1) is 7.43. The Bertz CT molecular complexity index is 483. The predicted molar refractivity (Wildman–Crippen MR) is 67.1 cm³/mol. The molecule has 1 aliphatic heterocycles. The van der Waals surface area contributed by atoms with E-state index in [-0.39, 0.29) is 5.91 Å². The molecule has 0 spiro atoms. The fourth-order valence-corrected chi connectivity index (χ4v) is 2.32. The van der Waals surface area contributed by atoms with Crippen LogP contribution in [0.2, 0.25) is 0 Å². The highest BCUT2D eigenvalue weighted by molar-refractivity contribution is 9.10. The van der Waals surface area contributed by atoms with E-state index >= 15 is 0 Å². The maximum atomic E-state index is 11.6. The maximum Gasteiger partial charge on any atom is 0.265 e. The van der Waals surface area contributed by atoms with Crippen molar-refractivity contribution in [2.75, 3.05) is 5.32 Å². The van der Waals surface area contributed by atoms with Crippen LogP contribution in [0.3, 0.4) is 0 Å². The van der Waals surface area contributed by atoms with Crippen LogP contribution in [-0.2, 0) is 4.79 Å². The van der Waals surface area contributed by atoms with Crippen molar-refractivity contribution in [2.24, 2.45) is 0 Å². The van der Waals surface area contributed by atoms with E-state index < -0.39 is 6.10 Å². The van der Waals surface area contributed by atoms with E-state index in [0.717, 1.165) is 32.6 Å². The summed E-state index contributed by atoms with van der Waals surface area (Å²) in [5.74, 6) is 0.693. The SMILES string of the molecule is Cc1c(C)c2c(c(C)c1Br)OC(C)C(=O)N2. The largest absolute Gasteiger partial charge is 0.478 e. The maximum absolute atomic E-state index is 11.6. The minimum absolute atomic E-state index is 0.0864. The van der Waals surface area contributed by atoms with Gasteiger partial charge in [0.15, 0.2) is 6.10 Å². The number of rotatable bonds is 0. The number of fused-ring (bicyclic) bond motifs is 1. The van der Waals surface area contributed by atoms with Crippen molar-refractivity contribution in [1.82, 2.24) is 0 Å². The third-order valence-corrected chi connectivity index (χ3v) is 4.27. The van der Waals surface area contributed by atoms with Crippen LogP contribution in [0.25, 0.3) is 0 Å². The number of carbonyl (C=O) groups excluding carboxylic acids is 1. The molecule has 0 saturated carbocycles. The summed E-state index contributed by atoms with van der Waals surface area (Å²) in [4.78, 5) is 11.6. The predicted octanol–water partition coefficient (Wildman–Crippen LogP) is 3.09. The summed E-state index contributed by atoms with van der Waals surface area (Å²) in [6, 6.07) is 0. The van der Waals surface area contributed by atoms with Gasteiger partial charge in [-0.25, -0.2) is 0 Å². The third-order valence-electron chi connectivity index (χ3n) is 3.08. The van der Waals surface area contributed by atoms with Crippen molar-refractivity contribution < 1.29 is 9.53 Å². The highest BCUT2D eigenvalue weighted by Crippen LogP contribution is 2.42. The number of hydrogen-bond acceptors (Lipinski definition) is 2. The summed E-state index contributed by atoms with van der Waals surface area (Å²) in [5, 5.41) is 2.90. The molecule has 0 saturated heterocycles. The fraction of sp³-hybridized carbons (Fsp3) is 0.417. The fourth-order valence-electron chi connectivity index (χ4n) is 1.84.